The number of benzene rings is 1. The molecule has 0 aliphatic heterocycles. The van der Waals surface area contributed by atoms with Gasteiger partial charge >= 0.3 is 0 Å². The van der Waals surface area contributed by atoms with Crippen LogP contribution in [0.1, 0.15) is 44.2 Å². The van der Waals surface area contributed by atoms with Crippen molar-refractivity contribution in [3.63, 3.8) is 0 Å². The molecule has 0 aliphatic carbocycles. The molecular formula is C17H26N2S. The van der Waals surface area contributed by atoms with Crippen molar-refractivity contribution in [2.45, 2.75) is 57.4 Å². The number of rotatable bonds is 8. The van der Waals surface area contributed by atoms with E-state index < -0.39 is 0 Å². The summed E-state index contributed by atoms with van der Waals surface area (Å²) in [5.41, 5.74) is 2.32. The highest BCUT2D eigenvalue weighted by Crippen LogP contribution is 2.25. The van der Waals surface area contributed by atoms with Gasteiger partial charge in [0.2, 0.25) is 0 Å². The Balaban J connectivity index is 2.30. The van der Waals surface area contributed by atoms with Crippen molar-refractivity contribution in [1.29, 1.82) is 5.26 Å². The Morgan fingerprint density at radius 1 is 1.30 bits per heavy atom. The second kappa shape index (κ2) is 8.34. The Morgan fingerprint density at radius 3 is 2.65 bits per heavy atom. The van der Waals surface area contributed by atoms with Crippen LogP contribution in [0.3, 0.4) is 0 Å². The minimum absolute atomic E-state index is 0.362. The van der Waals surface area contributed by atoms with E-state index in [1.165, 1.54) is 16.0 Å². The maximum Gasteiger partial charge on any atom is 0.103 e. The van der Waals surface area contributed by atoms with Gasteiger partial charge in [-0.05, 0) is 64.0 Å². The third-order valence-electron chi connectivity index (χ3n) is 3.47. The van der Waals surface area contributed by atoms with Crippen LogP contribution in [0.4, 0.5) is 0 Å². The molecule has 1 rings (SSSR count). The van der Waals surface area contributed by atoms with Crippen molar-refractivity contribution in [2.24, 2.45) is 0 Å². The molecule has 1 atom stereocenters. The summed E-state index contributed by atoms with van der Waals surface area (Å²) in [5, 5.41) is 12.5. The Bertz CT molecular complexity index is 465. The Kier molecular flexibility index (Phi) is 7.12. The Labute approximate surface area is 128 Å². The topological polar surface area (TPSA) is 35.8 Å². The SMILES string of the molecule is CCNC(C)(C#N)CCCCSc1ccc(C)cc1C. The van der Waals surface area contributed by atoms with Crippen molar-refractivity contribution in [2.75, 3.05) is 12.3 Å². The molecule has 110 valence electrons. The van der Waals surface area contributed by atoms with E-state index in [1.807, 2.05) is 25.6 Å². The minimum Gasteiger partial charge on any atom is -0.300 e. The summed E-state index contributed by atoms with van der Waals surface area (Å²) < 4.78 is 0. The molecule has 1 aromatic carbocycles. The summed E-state index contributed by atoms with van der Waals surface area (Å²) in [4.78, 5) is 1.38. The molecule has 0 saturated carbocycles. The van der Waals surface area contributed by atoms with Crippen molar-refractivity contribution < 1.29 is 0 Å². The Morgan fingerprint density at radius 2 is 2.05 bits per heavy atom. The van der Waals surface area contributed by atoms with Gasteiger partial charge in [-0.3, -0.25) is 5.32 Å². The molecule has 0 aliphatic rings. The number of thioether (sulfide) groups is 1. The van der Waals surface area contributed by atoms with Crippen LogP contribution in [0.5, 0.6) is 0 Å². The van der Waals surface area contributed by atoms with E-state index in [0.29, 0.717) is 0 Å². The van der Waals surface area contributed by atoms with Gasteiger partial charge in [0.05, 0.1) is 6.07 Å². The zero-order chi connectivity index (χ0) is 15.0. The molecule has 0 fully saturated rings. The number of hydrogen-bond donors (Lipinski definition) is 1. The van der Waals surface area contributed by atoms with E-state index in [2.05, 4.69) is 43.4 Å². The average Bonchev–Trinajstić information content (AvgIpc) is 2.41. The van der Waals surface area contributed by atoms with Crippen LogP contribution >= 0.6 is 11.8 Å². The molecule has 0 heterocycles. The summed E-state index contributed by atoms with van der Waals surface area (Å²) in [6.07, 6.45) is 3.17. The maximum absolute atomic E-state index is 9.20. The number of unbranched alkanes of at least 4 members (excludes halogenated alkanes) is 1. The number of nitrogens with one attached hydrogen (secondary N) is 1. The first-order valence-corrected chi connectivity index (χ1v) is 8.35. The summed E-state index contributed by atoms with van der Waals surface area (Å²) in [5.74, 6) is 1.12. The zero-order valence-corrected chi connectivity index (χ0v) is 13.9. The van der Waals surface area contributed by atoms with Crippen molar-refractivity contribution in [3.8, 4) is 6.07 Å². The van der Waals surface area contributed by atoms with Gasteiger partial charge in [0, 0.05) is 4.90 Å². The van der Waals surface area contributed by atoms with Gasteiger partial charge in [0.15, 0.2) is 0 Å². The molecule has 3 heteroatoms. The molecule has 0 aromatic heterocycles. The molecule has 1 aromatic rings. The van der Waals surface area contributed by atoms with Gasteiger partial charge in [-0.2, -0.15) is 5.26 Å². The van der Waals surface area contributed by atoms with Gasteiger partial charge in [-0.1, -0.05) is 24.6 Å². The third kappa shape index (κ3) is 5.56. The molecule has 20 heavy (non-hydrogen) atoms. The minimum atomic E-state index is -0.362. The normalized spacial score (nSPS) is 13.8. The number of hydrogen-bond acceptors (Lipinski definition) is 3. The summed E-state index contributed by atoms with van der Waals surface area (Å²) in [6, 6.07) is 9.01. The van der Waals surface area contributed by atoms with Gasteiger partial charge < -0.3 is 0 Å². The quantitative estimate of drug-likeness (QED) is 0.567. The van der Waals surface area contributed by atoms with Crippen LogP contribution in [0.2, 0.25) is 0 Å². The highest BCUT2D eigenvalue weighted by molar-refractivity contribution is 7.99. The average molecular weight is 290 g/mol. The molecule has 1 N–H and O–H groups in total. The number of aryl methyl sites for hydroxylation is 2. The van der Waals surface area contributed by atoms with Crippen LogP contribution in [0.15, 0.2) is 23.1 Å². The van der Waals surface area contributed by atoms with Crippen molar-refractivity contribution >= 4 is 11.8 Å². The second-order valence-electron chi connectivity index (χ2n) is 5.55. The highest BCUT2D eigenvalue weighted by atomic mass is 32.2. The number of nitrogens with zero attached hydrogens (tertiary/aromatic N) is 1. The molecule has 2 nitrogen and oxygen atoms in total. The lowest BCUT2D eigenvalue weighted by atomic mass is 9.97. The molecule has 0 radical (unpaired) electrons. The van der Waals surface area contributed by atoms with Crippen LogP contribution in [-0.4, -0.2) is 17.8 Å². The van der Waals surface area contributed by atoms with Gasteiger partial charge in [-0.15, -0.1) is 11.8 Å². The standard InChI is InChI=1S/C17H26N2S/c1-5-19-17(4,13-18)10-6-7-11-20-16-9-8-14(2)12-15(16)3/h8-9,12,19H,5-7,10-11H2,1-4H3. The lowest BCUT2D eigenvalue weighted by Gasteiger charge is -2.22. The largest absolute Gasteiger partial charge is 0.300 e. The van der Waals surface area contributed by atoms with Crippen molar-refractivity contribution in [1.82, 2.24) is 5.32 Å². The maximum atomic E-state index is 9.20. The van der Waals surface area contributed by atoms with Crippen molar-refractivity contribution in [3.05, 3.63) is 29.3 Å². The molecule has 1 unspecified atom stereocenters. The van der Waals surface area contributed by atoms with Crippen LogP contribution in [-0.2, 0) is 0 Å². The molecular weight excluding hydrogens is 264 g/mol. The first-order valence-electron chi connectivity index (χ1n) is 7.37. The smallest absolute Gasteiger partial charge is 0.103 e. The molecule has 0 spiro atoms. The number of nitriles is 1. The summed E-state index contributed by atoms with van der Waals surface area (Å²) in [7, 11) is 0. The third-order valence-corrected chi connectivity index (χ3v) is 4.73. The Hall–Kier alpha value is -0.980. The predicted octanol–water partition coefficient (Wildman–Crippen LogP) is 4.46. The fourth-order valence-electron chi connectivity index (χ4n) is 2.30. The highest BCUT2D eigenvalue weighted by Gasteiger charge is 2.20. The fourth-order valence-corrected chi connectivity index (χ4v) is 3.32. The van der Waals surface area contributed by atoms with E-state index in [0.717, 1.165) is 31.6 Å². The summed E-state index contributed by atoms with van der Waals surface area (Å²) in [6.45, 7) is 9.19. The lowest BCUT2D eigenvalue weighted by molar-refractivity contribution is 0.415. The predicted molar refractivity (Wildman–Crippen MR) is 88.2 cm³/mol. The van der Waals surface area contributed by atoms with Crippen LogP contribution < -0.4 is 5.32 Å². The van der Waals surface area contributed by atoms with E-state index >= 15 is 0 Å². The fraction of sp³-hybridized carbons (Fsp3) is 0.588. The van der Waals surface area contributed by atoms with E-state index in [-0.39, 0.29) is 5.54 Å². The van der Waals surface area contributed by atoms with E-state index in [9.17, 15) is 5.26 Å². The molecule has 0 amide bonds. The second-order valence-corrected chi connectivity index (χ2v) is 6.69. The lowest BCUT2D eigenvalue weighted by Crippen LogP contribution is -2.40. The molecule has 0 saturated heterocycles. The van der Waals surface area contributed by atoms with Crippen LogP contribution in [0.25, 0.3) is 0 Å². The zero-order valence-electron chi connectivity index (χ0n) is 13.1. The monoisotopic (exact) mass is 290 g/mol. The van der Waals surface area contributed by atoms with Gasteiger partial charge in [0.1, 0.15) is 5.54 Å². The van der Waals surface area contributed by atoms with E-state index in [1.54, 1.807) is 0 Å². The molecule has 0 bridgehead atoms. The van der Waals surface area contributed by atoms with E-state index in [4.69, 9.17) is 0 Å². The van der Waals surface area contributed by atoms with Gasteiger partial charge in [0.25, 0.3) is 0 Å². The van der Waals surface area contributed by atoms with Crippen LogP contribution in [0, 0.1) is 25.2 Å². The van der Waals surface area contributed by atoms with Gasteiger partial charge in [-0.25, -0.2) is 0 Å². The first kappa shape index (κ1) is 17.1. The first-order chi connectivity index (χ1) is 9.50. The summed E-state index contributed by atoms with van der Waals surface area (Å²) >= 11 is 1.92.